The largest absolute Gasteiger partial charge is 0.339 e. The van der Waals surface area contributed by atoms with Crippen molar-refractivity contribution in [2.45, 2.75) is 23.8 Å². The van der Waals surface area contributed by atoms with Crippen LogP contribution in [0.15, 0.2) is 42.5 Å². The molecule has 1 amide bonds. The molecule has 1 atom stereocenters. The minimum atomic E-state index is -1.84. The highest BCUT2D eigenvalue weighted by Gasteiger charge is 2.34. The standard InChI is InChI=1S/C18H17Cl4N3OS/c1-10-3-8-14(9-11(10)2)23-17(27)25-16(18(20,21)22)24-15(26)12-4-6-13(19)7-5-12/h3-9,16H,1-2H3,(H,24,26)(H2,23,25,27). The van der Waals surface area contributed by atoms with Gasteiger partial charge in [-0.1, -0.05) is 52.5 Å². The number of carbonyl (C=O) groups is 1. The first-order valence-corrected chi connectivity index (χ1v) is 9.76. The maximum Gasteiger partial charge on any atom is 0.252 e. The summed E-state index contributed by atoms with van der Waals surface area (Å²) in [5, 5.41) is 9.16. The number of anilines is 1. The van der Waals surface area contributed by atoms with Crippen LogP contribution in [0.2, 0.25) is 5.02 Å². The molecule has 0 aliphatic heterocycles. The van der Waals surface area contributed by atoms with Gasteiger partial charge in [0.2, 0.25) is 3.79 Å². The van der Waals surface area contributed by atoms with Gasteiger partial charge in [0.05, 0.1) is 0 Å². The summed E-state index contributed by atoms with van der Waals surface area (Å²) in [5.41, 5.74) is 3.42. The fourth-order valence-corrected chi connectivity index (χ4v) is 2.82. The predicted octanol–water partition coefficient (Wildman–Crippen LogP) is 5.37. The second-order valence-electron chi connectivity index (χ2n) is 5.85. The third kappa shape index (κ3) is 6.70. The minimum absolute atomic E-state index is 0.200. The first kappa shape index (κ1) is 22.1. The van der Waals surface area contributed by atoms with E-state index in [9.17, 15) is 4.79 Å². The van der Waals surface area contributed by atoms with Crippen LogP contribution >= 0.6 is 58.6 Å². The summed E-state index contributed by atoms with van der Waals surface area (Å²) in [7, 11) is 0. The number of thiocarbonyl (C=S) groups is 1. The molecule has 9 heteroatoms. The number of hydrogen-bond acceptors (Lipinski definition) is 2. The molecule has 1 unspecified atom stereocenters. The molecule has 4 nitrogen and oxygen atoms in total. The van der Waals surface area contributed by atoms with Gasteiger partial charge in [0.1, 0.15) is 6.17 Å². The summed E-state index contributed by atoms with van der Waals surface area (Å²) in [6.45, 7) is 4.01. The van der Waals surface area contributed by atoms with Crippen molar-refractivity contribution in [1.82, 2.24) is 10.6 Å². The molecule has 0 aliphatic carbocycles. The third-order valence-corrected chi connectivity index (χ3v) is 4.88. The molecule has 144 valence electrons. The Bertz CT molecular complexity index is 837. The molecule has 0 heterocycles. The highest BCUT2D eigenvalue weighted by atomic mass is 35.6. The third-order valence-electron chi connectivity index (χ3n) is 3.75. The lowest BCUT2D eigenvalue weighted by Crippen LogP contribution is -2.56. The summed E-state index contributed by atoms with van der Waals surface area (Å²) in [6.07, 6.45) is -1.06. The number of halogens is 4. The van der Waals surface area contributed by atoms with Gasteiger partial charge in [0, 0.05) is 16.3 Å². The van der Waals surface area contributed by atoms with Crippen molar-refractivity contribution in [1.29, 1.82) is 0 Å². The topological polar surface area (TPSA) is 53.2 Å². The number of alkyl halides is 3. The van der Waals surface area contributed by atoms with Crippen LogP contribution in [0.1, 0.15) is 21.5 Å². The summed E-state index contributed by atoms with van der Waals surface area (Å²) in [6, 6.07) is 12.1. The summed E-state index contributed by atoms with van der Waals surface area (Å²) in [5.74, 6) is -0.440. The smallest absolute Gasteiger partial charge is 0.252 e. The van der Waals surface area contributed by atoms with Crippen molar-refractivity contribution in [3.05, 3.63) is 64.2 Å². The zero-order chi connectivity index (χ0) is 20.2. The number of hydrogen-bond donors (Lipinski definition) is 3. The van der Waals surface area contributed by atoms with E-state index in [2.05, 4.69) is 16.0 Å². The van der Waals surface area contributed by atoms with Gasteiger partial charge in [-0.15, -0.1) is 0 Å². The molecular weight excluding hydrogens is 448 g/mol. The molecule has 3 N–H and O–H groups in total. The van der Waals surface area contributed by atoms with Crippen LogP contribution in [-0.2, 0) is 0 Å². The molecule has 0 spiro atoms. The molecule has 0 saturated heterocycles. The van der Waals surface area contributed by atoms with Crippen LogP contribution in [0.25, 0.3) is 0 Å². The Hall–Kier alpha value is -1.24. The molecular formula is C18H17Cl4N3OS. The molecule has 2 aromatic carbocycles. The molecule has 0 aromatic heterocycles. The molecule has 0 bridgehead atoms. The van der Waals surface area contributed by atoms with Gasteiger partial charge in [-0.3, -0.25) is 4.79 Å². The summed E-state index contributed by atoms with van der Waals surface area (Å²) >= 11 is 29.1. The molecule has 0 saturated carbocycles. The highest BCUT2D eigenvalue weighted by molar-refractivity contribution is 7.80. The van der Waals surface area contributed by atoms with Crippen molar-refractivity contribution in [2.24, 2.45) is 0 Å². The van der Waals surface area contributed by atoms with E-state index in [-0.39, 0.29) is 5.11 Å². The molecule has 0 radical (unpaired) electrons. The monoisotopic (exact) mass is 463 g/mol. The average molecular weight is 465 g/mol. The Kier molecular flexibility index (Phi) is 7.60. The zero-order valence-electron chi connectivity index (χ0n) is 14.4. The number of carbonyl (C=O) groups excluding carboxylic acids is 1. The van der Waals surface area contributed by atoms with E-state index in [1.54, 1.807) is 24.3 Å². The molecule has 27 heavy (non-hydrogen) atoms. The number of amides is 1. The van der Waals surface area contributed by atoms with E-state index < -0.39 is 15.9 Å². The lowest BCUT2D eigenvalue weighted by Gasteiger charge is -2.28. The fraction of sp³-hybridized carbons (Fsp3) is 0.222. The van der Waals surface area contributed by atoms with Gasteiger partial charge in [-0.05, 0) is 73.6 Å². The first-order chi connectivity index (χ1) is 12.6. The Morgan fingerprint density at radius 2 is 1.63 bits per heavy atom. The van der Waals surface area contributed by atoms with E-state index in [0.717, 1.165) is 16.8 Å². The summed E-state index contributed by atoms with van der Waals surface area (Å²) < 4.78 is -1.84. The summed E-state index contributed by atoms with van der Waals surface area (Å²) in [4.78, 5) is 12.4. The number of aryl methyl sites for hydroxylation is 2. The second-order valence-corrected chi connectivity index (χ2v) is 9.07. The Labute approximate surface area is 183 Å². The maximum absolute atomic E-state index is 12.4. The highest BCUT2D eigenvalue weighted by Crippen LogP contribution is 2.29. The number of benzene rings is 2. The van der Waals surface area contributed by atoms with Crippen molar-refractivity contribution < 1.29 is 4.79 Å². The molecule has 2 rings (SSSR count). The van der Waals surface area contributed by atoms with Crippen LogP contribution in [0.5, 0.6) is 0 Å². The van der Waals surface area contributed by atoms with Crippen LogP contribution < -0.4 is 16.0 Å². The lowest BCUT2D eigenvalue weighted by atomic mass is 10.1. The van der Waals surface area contributed by atoms with E-state index >= 15 is 0 Å². The van der Waals surface area contributed by atoms with Crippen LogP contribution in [0, 0.1) is 13.8 Å². The minimum Gasteiger partial charge on any atom is -0.339 e. The molecule has 0 fully saturated rings. The fourth-order valence-electron chi connectivity index (χ4n) is 2.13. The quantitative estimate of drug-likeness (QED) is 0.323. The van der Waals surface area contributed by atoms with Gasteiger partial charge in [-0.2, -0.15) is 0 Å². The van der Waals surface area contributed by atoms with Crippen LogP contribution in [0.4, 0.5) is 5.69 Å². The van der Waals surface area contributed by atoms with Gasteiger partial charge in [-0.25, -0.2) is 0 Å². The van der Waals surface area contributed by atoms with Crippen molar-refractivity contribution in [2.75, 3.05) is 5.32 Å². The molecule has 2 aromatic rings. The number of nitrogens with one attached hydrogen (secondary N) is 3. The normalized spacial score (nSPS) is 12.2. The Morgan fingerprint density at radius 3 is 2.19 bits per heavy atom. The van der Waals surface area contributed by atoms with Crippen molar-refractivity contribution >= 4 is 75.3 Å². The van der Waals surface area contributed by atoms with Crippen molar-refractivity contribution in [3.63, 3.8) is 0 Å². The average Bonchev–Trinajstić information content (AvgIpc) is 2.57. The second kappa shape index (κ2) is 9.30. The van der Waals surface area contributed by atoms with E-state index in [1.807, 2.05) is 32.0 Å². The van der Waals surface area contributed by atoms with E-state index in [4.69, 9.17) is 58.6 Å². The van der Waals surface area contributed by atoms with Crippen LogP contribution in [-0.4, -0.2) is 21.0 Å². The van der Waals surface area contributed by atoms with Gasteiger partial charge in [0.25, 0.3) is 5.91 Å². The van der Waals surface area contributed by atoms with Gasteiger partial charge >= 0.3 is 0 Å². The van der Waals surface area contributed by atoms with E-state index in [1.165, 1.54) is 0 Å². The number of rotatable bonds is 4. The zero-order valence-corrected chi connectivity index (χ0v) is 18.3. The maximum atomic E-state index is 12.4. The Morgan fingerprint density at radius 1 is 1.00 bits per heavy atom. The lowest BCUT2D eigenvalue weighted by molar-refractivity contribution is 0.0934. The SMILES string of the molecule is Cc1ccc(NC(=S)NC(NC(=O)c2ccc(Cl)cc2)C(Cl)(Cl)Cl)cc1C. The predicted molar refractivity (Wildman–Crippen MR) is 118 cm³/mol. The van der Waals surface area contributed by atoms with E-state index in [0.29, 0.717) is 10.6 Å². The van der Waals surface area contributed by atoms with Crippen LogP contribution in [0.3, 0.4) is 0 Å². The Balaban J connectivity index is 2.07. The van der Waals surface area contributed by atoms with Crippen molar-refractivity contribution in [3.8, 4) is 0 Å². The molecule has 0 aliphatic rings. The first-order valence-electron chi connectivity index (χ1n) is 7.84. The van der Waals surface area contributed by atoms with Gasteiger partial charge < -0.3 is 16.0 Å². The van der Waals surface area contributed by atoms with Gasteiger partial charge in [0.15, 0.2) is 5.11 Å².